The molecule has 1 aliphatic heterocycles. The fraction of sp³-hybridized carbons (Fsp3) is 0.769. The SMILES string of the molecule is CCC(N1CCCCC1)N(CCC(C)C)CC(Cc1ccccc1)CC(C)C. The van der Waals surface area contributed by atoms with Gasteiger partial charge in [0.25, 0.3) is 0 Å². The van der Waals surface area contributed by atoms with Crippen molar-refractivity contribution in [2.45, 2.75) is 85.7 Å². The molecule has 1 heterocycles. The van der Waals surface area contributed by atoms with E-state index in [1.165, 1.54) is 76.7 Å². The van der Waals surface area contributed by atoms with Crippen LogP contribution < -0.4 is 0 Å². The van der Waals surface area contributed by atoms with Gasteiger partial charge in [-0.1, -0.05) is 71.4 Å². The van der Waals surface area contributed by atoms with Gasteiger partial charge in [0.05, 0.1) is 6.17 Å². The molecule has 2 heteroatoms. The van der Waals surface area contributed by atoms with E-state index in [0.29, 0.717) is 6.17 Å². The molecule has 0 N–H and O–H groups in total. The van der Waals surface area contributed by atoms with E-state index in [9.17, 15) is 0 Å². The molecule has 2 rings (SSSR count). The summed E-state index contributed by atoms with van der Waals surface area (Å²) in [6, 6.07) is 11.2. The van der Waals surface area contributed by atoms with Gasteiger partial charge in [-0.15, -0.1) is 0 Å². The van der Waals surface area contributed by atoms with E-state index >= 15 is 0 Å². The Labute approximate surface area is 175 Å². The highest BCUT2D eigenvalue weighted by atomic mass is 15.4. The van der Waals surface area contributed by atoms with E-state index in [2.05, 4.69) is 74.8 Å². The Morgan fingerprint density at radius 1 is 0.929 bits per heavy atom. The van der Waals surface area contributed by atoms with Crippen LogP contribution in [-0.4, -0.2) is 42.1 Å². The van der Waals surface area contributed by atoms with Gasteiger partial charge in [-0.2, -0.15) is 0 Å². The van der Waals surface area contributed by atoms with Crippen molar-refractivity contribution in [3.05, 3.63) is 35.9 Å². The van der Waals surface area contributed by atoms with Gasteiger partial charge in [0.2, 0.25) is 0 Å². The predicted octanol–water partition coefficient (Wildman–Crippen LogP) is 6.46. The lowest BCUT2D eigenvalue weighted by Crippen LogP contribution is -2.52. The third kappa shape index (κ3) is 8.25. The number of hydrogen-bond acceptors (Lipinski definition) is 2. The lowest BCUT2D eigenvalue weighted by molar-refractivity contribution is 0.0119. The Balaban J connectivity index is 2.12. The Morgan fingerprint density at radius 2 is 1.61 bits per heavy atom. The van der Waals surface area contributed by atoms with Crippen molar-refractivity contribution in [1.82, 2.24) is 9.80 Å². The molecule has 1 aliphatic rings. The minimum absolute atomic E-state index is 0.629. The van der Waals surface area contributed by atoms with Crippen molar-refractivity contribution in [3.8, 4) is 0 Å². The lowest BCUT2D eigenvalue weighted by Gasteiger charge is -2.43. The number of hydrogen-bond donors (Lipinski definition) is 0. The average Bonchev–Trinajstić information content (AvgIpc) is 2.67. The fourth-order valence-electron chi connectivity index (χ4n) is 4.92. The van der Waals surface area contributed by atoms with Crippen molar-refractivity contribution < 1.29 is 0 Å². The van der Waals surface area contributed by atoms with E-state index in [1.54, 1.807) is 0 Å². The second kappa shape index (κ2) is 12.6. The van der Waals surface area contributed by atoms with Gasteiger partial charge in [-0.3, -0.25) is 9.80 Å². The quantitative estimate of drug-likeness (QED) is 0.406. The summed E-state index contributed by atoms with van der Waals surface area (Å²) in [5.41, 5.74) is 1.50. The predicted molar refractivity (Wildman–Crippen MR) is 124 cm³/mol. The van der Waals surface area contributed by atoms with Crippen LogP contribution in [0.15, 0.2) is 30.3 Å². The lowest BCUT2D eigenvalue weighted by atomic mass is 9.90. The first kappa shape index (κ1) is 23.4. The van der Waals surface area contributed by atoms with Crippen LogP contribution in [0.25, 0.3) is 0 Å². The van der Waals surface area contributed by atoms with Crippen LogP contribution in [0, 0.1) is 17.8 Å². The monoisotopic (exact) mass is 386 g/mol. The van der Waals surface area contributed by atoms with Crippen molar-refractivity contribution in [2.75, 3.05) is 26.2 Å². The Hall–Kier alpha value is -0.860. The van der Waals surface area contributed by atoms with Gasteiger partial charge < -0.3 is 0 Å². The molecular weight excluding hydrogens is 340 g/mol. The zero-order valence-corrected chi connectivity index (χ0v) is 19.4. The second-order valence-corrected chi connectivity index (χ2v) is 9.85. The largest absolute Gasteiger partial charge is 0.288 e. The molecule has 0 radical (unpaired) electrons. The number of likely N-dealkylation sites (tertiary alicyclic amines) is 1. The van der Waals surface area contributed by atoms with Crippen molar-refractivity contribution in [1.29, 1.82) is 0 Å². The minimum Gasteiger partial charge on any atom is -0.288 e. The van der Waals surface area contributed by atoms with Crippen LogP contribution in [0.2, 0.25) is 0 Å². The molecule has 28 heavy (non-hydrogen) atoms. The first-order valence-electron chi connectivity index (χ1n) is 12.0. The third-order valence-corrected chi connectivity index (χ3v) is 6.26. The van der Waals surface area contributed by atoms with Crippen LogP contribution in [0.4, 0.5) is 0 Å². The van der Waals surface area contributed by atoms with Crippen LogP contribution in [-0.2, 0) is 6.42 Å². The molecule has 0 spiro atoms. The van der Waals surface area contributed by atoms with Gasteiger partial charge in [-0.25, -0.2) is 0 Å². The van der Waals surface area contributed by atoms with E-state index in [1.807, 2.05) is 0 Å². The number of nitrogens with zero attached hydrogens (tertiary/aromatic N) is 2. The summed E-state index contributed by atoms with van der Waals surface area (Å²) in [6.07, 6.45) is 9.91. The number of piperidine rings is 1. The summed E-state index contributed by atoms with van der Waals surface area (Å²) in [6.45, 7) is 17.0. The molecule has 2 atom stereocenters. The Morgan fingerprint density at radius 3 is 2.18 bits per heavy atom. The zero-order valence-electron chi connectivity index (χ0n) is 19.4. The fourth-order valence-corrected chi connectivity index (χ4v) is 4.92. The Kier molecular flexibility index (Phi) is 10.6. The standard InChI is InChI=1S/C26H46N2/c1-6-26(27-16-11-8-12-17-27)28(18-15-22(2)3)21-25(19-23(4)5)20-24-13-9-7-10-14-24/h7,9-10,13-14,22-23,25-26H,6,8,11-12,15-21H2,1-5H3. The van der Waals surface area contributed by atoms with Crippen molar-refractivity contribution in [3.63, 3.8) is 0 Å². The molecule has 1 aromatic carbocycles. The molecule has 0 bridgehead atoms. The summed E-state index contributed by atoms with van der Waals surface area (Å²) in [7, 11) is 0. The molecule has 0 aliphatic carbocycles. The summed E-state index contributed by atoms with van der Waals surface area (Å²) in [5.74, 6) is 2.28. The summed E-state index contributed by atoms with van der Waals surface area (Å²) >= 11 is 0. The van der Waals surface area contributed by atoms with Gasteiger partial charge in [-0.05, 0) is 81.5 Å². The summed E-state index contributed by atoms with van der Waals surface area (Å²) < 4.78 is 0. The highest BCUT2D eigenvalue weighted by molar-refractivity contribution is 5.15. The van der Waals surface area contributed by atoms with Crippen molar-refractivity contribution in [2.24, 2.45) is 17.8 Å². The first-order chi connectivity index (χ1) is 13.5. The van der Waals surface area contributed by atoms with Gasteiger partial charge in [0.15, 0.2) is 0 Å². The molecule has 0 aromatic heterocycles. The Bertz CT molecular complexity index is 504. The first-order valence-corrected chi connectivity index (χ1v) is 12.0. The molecular formula is C26H46N2. The topological polar surface area (TPSA) is 6.48 Å². The maximum atomic E-state index is 2.86. The van der Waals surface area contributed by atoms with E-state index in [0.717, 1.165) is 17.8 Å². The third-order valence-electron chi connectivity index (χ3n) is 6.26. The summed E-state index contributed by atoms with van der Waals surface area (Å²) in [5, 5.41) is 0. The molecule has 160 valence electrons. The maximum Gasteiger partial charge on any atom is 0.0619 e. The van der Waals surface area contributed by atoms with Crippen LogP contribution >= 0.6 is 0 Å². The van der Waals surface area contributed by atoms with Gasteiger partial charge in [0.1, 0.15) is 0 Å². The molecule has 0 saturated carbocycles. The highest BCUT2D eigenvalue weighted by Crippen LogP contribution is 2.24. The molecule has 1 saturated heterocycles. The smallest absolute Gasteiger partial charge is 0.0619 e. The average molecular weight is 387 g/mol. The van der Waals surface area contributed by atoms with Gasteiger partial charge in [0, 0.05) is 6.54 Å². The summed E-state index contributed by atoms with van der Waals surface area (Å²) in [4.78, 5) is 5.65. The van der Waals surface area contributed by atoms with Crippen LogP contribution in [0.1, 0.15) is 78.7 Å². The maximum absolute atomic E-state index is 2.86. The van der Waals surface area contributed by atoms with E-state index < -0.39 is 0 Å². The molecule has 1 aromatic rings. The van der Waals surface area contributed by atoms with E-state index in [4.69, 9.17) is 0 Å². The number of benzene rings is 1. The molecule has 2 unspecified atom stereocenters. The zero-order chi connectivity index (χ0) is 20.4. The highest BCUT2D eigenvalue weighted by Gasteiger charge is 2.27. The van der Waals surface area contributed by atoms with E-state index in [-0.39, 0.29) is 0 Å². The number of rotatable bonds is 12. The molecule has 1 fully saturated rings. The minimum atomic E-state index is 0.629. The normalized spacial score (nSPS) is 18.1. The van der Waals surface area contributed by atoms with Crippen LogP contribution in [0.3, 0.4) is 0 Å². The molecule has 0 amide bonds. The van der Waals surface area contributed by atoms with Gasteiger partial charge >= 0.3 is 0 Å². The molecule has 2 nitrogen and oxygen atoms in total. The van der Waals surface area contributed by atoms with Crippen LogP contribution in [0.5, 0.6) is 0 Å². The van der Waals surface area contributed by atoms with Crippen molar-refractivity contribution >= 4 is 0 Å². The second-order valence-electron chi connectivity index (χ2n) is 9.85.